The second kappa shape index (κ2) is 8.79. The van der Waals surface area contributed by atoms with Crippen molar-refractivity contribution in [1.82, 2.24) is 4.98 Å². The molecule has 1 heterocycles. The topological polar surface area (TPSA) is 74.7 Å². The number of aromatic nitrogens is 1. The number of nitrogens with zero attached hydrogens (tertiary/aromatic N) is 1. The van der Waals surface area contributed by atoms with Crippen LogP contribution in [0.3, 0.4) is 0 Å². The minimum absolute atomic E-state index is 0.0406. The number of methoxy groups -OCH3 is 2. The van der Waals surface area contributed by atoms with Crippen LogP contribution in [-0.2, 0) is 10.1 Å². The molecule has 3 rings (SSSR count). The predicted octanol–water partition coefficient (Wildman–Crippen LogP) is 4.35. The highest BCUT2D eigenvalue weighted by Crippen LogP contribution is 2.33. The van der Waals surface area contributed by atoms with Crippen molar-refractivity contribution in [2.45, 2.75) is 11.8 Å². The molecule has 0 saturated carbocycles. The average Bonchev–Trinajstić information content (AvgIpc) is 2.73. The van der Waals surface area contributed by atoms with Gasteiger partial charge in [0, 0.05) is 6.20 Å². The van der Waals surface area contributed by atoms with Crippen LogP contribution in [0.2, 0.25) is 0 Å². The predicted molar refractivity (Wildman–Crippen MR) is 112 cm³/mol. The van der Waals surface area contributed by atoms with Crippen molar-refractivity contribution in [3.05, 3.63) is 77.6 Å². The molecule has 7 heteroatoms. The summed E-state index contributed by atoms with van der Waals surface area (Å²) in [4.78, 5) is 4.18. The Morgan fingerprint density at radius 3 is 2.31 bits per heavy atom. The summed E-state index contributed by atoms with van der Waals surface area (Å²) in [5.74, 6) is 0.596. The lowest BCUT2D eigenvalue weighted by Gasteiger charge is -2.13. The third kappa shape index (κ3) is 4.94. The number of pyridine rings is 1. The van der Waals surface area contributed by atoms with Crippen LogP contribution < -0.4 is 13.7 Å². The SMILES string of the molecule is COc1cc(/C=C/c2ccccn2)ccc1OS(=O)(=O)c1cc(C)ccc1OC. The van der Waals surface area contributed by atoms with Crippen LogP contribution in [0.25, 0.3) is 12.2 Å². The summed E-state index contributed by atoms with van der Waals surface area (Å²) in [6, 6.07) is 15.5. The van der Waals surface area contributed by atoms with Gasteiger partial charge in [0.2, 0.25) is 0 Å². The molecule has 29 heavy (non-hydrogen) atoms. The Labute approximate surface area is 170 Å². The van der Waals surface area contributed by atoms with Gasteiger partial charge in [-0.1, -0.05) is 24.3 Å². The molecule has 6 nitrogen and oxygen atoms in total. The first kappa shape index (κ1) is 20.4. The van der Waals surface area contributed by atoms with Crippen LogP contribution >= 0.6 is 0 Å². The first-order valence-corrected chi connectivity index (χ1v) is 10.2. The molecule has 1 aromatic heterocycles. The van der Waals surface area contributed by atoms with Gasteiger partial charge < -0.3 is 13.7 Å². The standard InChI is InChI=1S/C22H21NO5S/c1-16-7-11-20(26-2)22(14-16)29(24,25)28-19-12-9-17(15-21(19)27-3)8-10-18-6-4-5-13-23-18/h4-15H,1-3H3/b10-8+. The van der Waals surface area contributed by atoms with Gasteiger partial charge in [-0.05, 0) is 60.5 Å². The summed E-state index contributed by atoms with van der Waals surface area (Å²) >= 11 is 0. The van der Waals surface area contributed by atoms with Crippen LogP contribution in [0.15, 0.2) is 65.7 Å². The maximum atomic E-state index is 12.8. The number of aryl methyl sites for hydroxylation is 1. The number of ether oxygens (including phenoxy) is 2. The third-order valence-corrected chi connectivity index (χ3v) is 5.37. The Morgan fingerprint density at radius 2 is 1.62 bits per heavy atom. The van der Waals surface area contributed by atoms with Crippen molar-refractivity contribution < 1.29 is 22.1 Å². The lowest BCUT2D eigenvalue weighted by Crippen LogP contribution is -2.12. The highest BCUT2D eigenvalue weighted by atomic mass is 32.2. The maximum Gasteiger partial charge on any atom is 0.343 e. The van der Waals surface area contributed by atoms with Crippen molar-refractivity contribution in [3.63, 3.8) is 0 Å². The maximum absolute atomic E-state index is 12.8. The number of hydrogen-bond donors (Lipinski definition) is 0. The van der Waals surface area contributed by atoms with E-state index in [0.29, 0.717) is 5.75 Å². The van der Waals surface area contributed by atoms with Crippen molar-refractivity contribution in [2.24, 2.45) is 0 Å². The Balaban J connectivity index is 1.89. The largest absolute Gasteiger partial charge is 0.495 e. The van der Waals surface area contributed by atoms with E-state index < -0.39 is 10.1 Å². The summed E-state index contributed by atoms with van der Waals surface area (Å²) in [5.41, 5.74) is 2.39. The van der Waals surface area contributed by atoms with Gasteiger partial charge in [0.05, 0.1) is 19.9 Å². The molecule has 0 fully saturated rings. The fourth-order valence-corrected chi connectivity index (χ4v) is 3.85. The Bertz CT molecular complexity index is 1130. The second-order valence-corrected chi connectivity index (χ2v) is 7.70. The molecular formula is C22H21NO5S. The monoisotopic (exact) mass is 411 g/mol. The van der Waals surface area contributed by atoms with Crippen molar-refractivity contribution >= 4 is 22.3 Å². The zero-order chi connectivity index (χ0) is 20.9. The molecule has 0 spiro atoms. The van der Waals surface area contributed by atoms with Crippen molar-refractivity contribution in [2.75, 3.05) is 14.2 Å². The van der Waals surface area contributed by atoms with E-state index >= 15 is 0 Å². The molecule has 2 aromatic carbocycles. The van der Waals surface area contributed by atoms with Gasteiger partial charge >= 0.3 is 10.1 Å². The molecule has 0 radical (unpaired) electrons. The Hall–Kier alpha value is -3.32. The fourth-order valence-electron chi connectivity index (χ4n) is 2.66. The number of hydrogen-bond acceptors (Lipinski definition) is 6. The second-order valence-electron chi connectivity index (χ2n) is 6.19. The van der Waals surface area contributed by atoms with E-state index in [9.17, 15) is 8.42 Å². The van der Waals surface area contributed by atoms with Gasteiger partial charge in [0.25, 0.3) is 0 Å². The molecule has 0 bridgehead atoms. The Morgan fingerprint density at radius 1 is 0.862 bits per heavy atom. The van der Waals surface area contributed by atoms with Crippen molar-refractivity contribution in [3.8, 4) is 17.2 Å². The van der Waals surface area contributed by atoms with Gasteiger partial charge in [-0.2, -0.15) is 8.42 Å². The van der Waals surface area contributed by atoms with Gasteiger partial charge in [0.15, 0.2) is 11.5 Å². The van der Waals surface area contributed by atoms with Crippen LogP contribution in [-0.4, -0.2) is 27.6 Å². The fraction of sp³-hybridized carbons (Fsp3) is 0.136. The first-order valence-electron chi connectivity index (χ1n) is 8.79. The minimum atomic E-state index is -4.11. The van der Waals surface area contributed by atoms with Crippen LogP contribution in [0.5, 0.6) is 17.2 Å². The van der Waals surface area contributed by atoms with Gasteiger partial charge in [-0.25, -0.2) is 0 Å². The molecule has 0 amide bonds. The van der Waals surface area contributed by atoms with Gasteiger partial charge in [-0.3, -0.25) is 4.98 Å². The molecule has 0 N–H and O–H groups in total. The molecule has 0 aliphatic rings. The van der Waals surface area contributed by atoms with Crippen molar-refractivity contribution in [1.29, 1.82) is 0 Å². The summed E-state index contributed by atoms with van der Waals surface area (Å²) in [6.07, 6.45) is 5.41. The number of benzene rings is 2. The van der Waals surface area contributed by atoms with Crippen LogP contribution in [0.1, 0.15) is 16.8 Å². The van der Waals surface area contributed by atoms with E-state index in [1.165, 1.54) is 20.3 Å². The molecule has 0 unspecified atom stereocenters. The van der Waals surface area contributed by atoms with E-state index in [0.717, 1.165) is 16.8 Å². The molecule has 0 atom stereocenters. The molecular weight excluding hydrogens is 390 g/mol. The first-order chi connectivity index (χ1) is 13.9. The number of rotatable bonds is 7. The van der Waals surface area contributed by atoms with Gasteiger partial charge in [-0.15, -0.1) is 0 Å². The third-order valence-electron chi connectivity index (χ3n) is 4.11. The summed E-state index contributed by atoms with van der Waals surface area (Å²) in [7, 11) is -1.25. The van der Waals surface area contributed by atoms with E-state index in [1.807, 2.05) is 30.4 Å². The van der Waals surface area contributed by atoms with Gasteiger partial charge in [0.1, 0.15) is 10.6 Å². The average molecular weight is 411 g/mol. The zero-order valence-corrected chi connectivity index (χ0v) is 17.1. The lowest BCUT2D eigenvalue weighted by molar-refractivity contribution is 0.384. The highest BCUT2D eigenvalue weighted by molar-refractivity contribution is 7.87. The smallest absolute Gasteiger partial charge is 0.343 e. The summed E-state index contributed by atoms with van der Waals surface area (Å²) in [6.45, 7) is 1.79. The van der Waals surface area contributed by atoms with Crippen LogP contribution in [0, 0.1) is 6.92 Å². The van der Waals surface area contributed by atoms with E-state index in [4.69, 9.17) is 13.7 Å². The lowest BCUT2D eigenvalue weighted by atomic mass is 10.1. The van der Waals surface area contributed by atoms with E-state index in [1.54, 1.807) is 43.5 Å². The molecule has 3 aromatic rings. The summed E-state index contributed by atoms with van der Waals surface area (Å²) < 4.78 is 41.5. The van der Waals surface area contributed by atoms with E-state index in [2.05, 4.69) is 4.98 Å². The molecule has 0 aliphatic carbocycles. The summed E-state index contributed by atoms with van der Waals surface area (Å²) in [5, 5.41) is 0. The Kier molecular flexibility index (Phi) is 6.19. The molecule has 150 valence electrons. The molecule has 0 aliphatic heterocycles. The van der Waals surface area contributed by atoms with Crippen LogP contribution in [0.4, 0.5) is 0 Å². The van der Waals surface area contributed by atoms with E-state index in [-0.39, 0.29) is 16.4 Å². The normalized spacial score (nSPS) is 11.4. The highest BCUT2D eigenvalue weighted by Gasteiger charge is 2.23. The molecule has 0 saturated heterocycles. The minimum Gasteiger partial charge on any atom is -0.495 e. The quantitative estimate of drug-likeness (QED) is 0.538. The zero-order valence-electron chi connectivity index (χ0n) is 16.3.